The third-order valence-electron chi connectivity index (χ3n) is 18.2. The van der Waals surface area contributed by atoms with Crippen LogP contribution in [0.2, 0.25) is 0 Å². The highest BCUT2D eigenvalue weighted by molar-refractivity contribution is 5.69. The minimum atomic E-state index is 0.0317. The molecule has 378 valence electrons. The van der Waals surface area contributed by atoms with Crippen LogP contribution < -0.4 is 0 Å². The van der Waals surface area contributed by atoms with Crippen molar-refractivity contribution in [3.05, 3.63) is 11.6 Å². The van der Waals surface area contributed by atoms with Gasteiger partial charge in [0.1, 0.15) is 12.2 Å². The Labute approximate surface area is 404 Å². The second-order valence-corrected chi connectivity index (χ2v) is 23.7. The third kappa shape index (κ3) is 18.8. The molecule has 4 rings (SSSR count). The molecule has 0 N–H and O–H groups in total. The fraction of sp³-hybridized carbons (Fsp3) is 0.933. The first-order valence-corrected chi connectivity index (χ1v) is 29.3. The number of hydrogen-bond acceptors (Lipinski definition) is 5. The number of nitrogens with zero attached hydrogens (tertiary/aromatic N) is 1. The van der Waals surface area contributed by atoms with Crippen LogP contribution in [0.15, 0.2) is 11.6 Å². The minimum Gasteiger partial charge on any atom is -0.462 e. The molecule has 9 unspecified atom stereocenters. The molecule has 0 radical (unpaired) electrons. The first-order valence-electron chi connectivity index (χ1n) is 29.3. The molecule has 65 heavy (non-hydrogen) atoms. The Morgan fingerprint density at radius 1 is 0.615 bits per heavy atom. The van der Waals surface area contributed by atoms with Gasteiger partial charge in [0.2, 0.25) is 0 Å². The molecule has 4 aliphatic rings. The first kappa shape index (κ1) is 56.2. The van der Waals surface area contributed by atoms with E-state index in [1.807, 2.05) is 0 Å². The number of ether oxygens (including phenoxy) is 2. The van der Waals surface area contributed by atoms with Crippen LogP contribution in [0.1, 0.15) is 280 Å². The monoisotopic (exact) mass is 908 g/mol. The maximum Gasteiger partial charge on any atom is 0.306 e. The second kappa shape index (κ2) is 31.0. The van der Waals surface area contributed by atoms with E-state index in [0.717, 1.165) is 106 Å². The maximum absolute atomic E-state index is 13.2. The molecular formula is C60H109NO4. The summed E-state index contributed by atoms with van der Waals surface area (Å²) in [4.78, 5) is 28.7. The average molecular weight is 909 g/mol. The molecule has 3 saturated carbocycles. The van der Waals surface area contributed by atoms with Crippen LogP contribution in [0.4, 0.5) is 0 Å². The standard InChI is InChI=1S/C60H109NO4/c1-9-12-15-17-18-23-33-51(32-22-16-13-10-2)64-57(62)34-24-19-20-27-45-61(44-26-14-11-3)46-28-21-25-35-58(63)65-52-40-42-59(7)50(47-52)36-37-53-55-39-38-54(49(6)31-29-30-48(4)5)60(55,8)43-41-56(53)59/h36,48-49,51-56H,9-35,37-47H2,1-8H3. The van der Waals surface area contributed by atoms with Crippen LogP contribution in [0.25, 0.3) is 0 Å². The summed E-state index contributed by atoms with van der Waals surface area (Å²) in [7, 11) is 0. The molecule has 4 aliphatic carbocycles. The van der Waals surface area contributed by atoms with Crippen LogP contribution in [-0.4, -0.2) is 48.7 Å². The number of allylic oxidation sites excluding steroid dienone is 1. The molecule has 0 aromatic carbocycles. The number of esters is 2. The normalized spacial score (nSPS) is 27.2. The Morgan fingerprint density at radius 3 is 1.86 bits per heavy atom. The summed E-state index contributed by atoms with van der Waals surface area (Å²) >= 11 is 0. The highest BCUT2D eigenvalue weighted by atomic mass is 16.5. The lowest BCUT2D eigenvalue weighted by molar-refractivity contribution is -0.152. The Balaban J connectivity index is 1.10. The van der Waals surface area contributed by atoms with Crippen LogP contribution in [0, 0.1) is 46.3 Å². The van der Waals surface area contributed by atoms with Crippen molar-refractivity contribution in [1.29, 1.82) is 0 Å². The van der Waals surface area contributed by atoms with Crippen molar-refractivity contribution in [3.8, 4) is 0 Å². The zero-order chi connectivity index (χ0) is 46.9. The van der Waals surface area contributed by atoms with E-state index >= 15 is 0 Å². The van der Waals surface area contributed by atoms with Crippen LogP contribution in [0.3, 0.4) is 0 Å². The molecule has 0 aromatic rings. The Kier molecular flexibility index (Phi) is 26.8. The van der Waals surface area contributed by atoms with Crippen molar-refractivity contribution in [2.45, 2.75) is 292 Å². The van der Waals surface area contributed by atoms with Crippen molar-refractivity contribution in [2.24, 2.45) is 46.3 Å². The Hall–Kier alpha value is -1.36. The number of carbonyl (C=O) groups excluding carboxylic acids is 2. The molecule has 5 nitrogen and oxygen atoms in total. The zero-order valence-electron chi connectivity index (χ0n) is 44.6. The quantitative estimate of drug-likeness (QED) is 0.0356. The summed E-state index contributed by atoms with van der Waals surface area (Å²) < 4.78 is 12.3. The predicted octanol–water partition coefficient (Wildman–Crippen LogP) is 17.6. The zero-order valence-corrected chi connectivity index (χ0v) is 44.6. The molecule has 0 aliphatic heterocycles. The van der Waals surface area contributed by atoms with Gasteiger partial charge in [-0.25, -0.2) is 0 Å². The van der Waals surface area contributed by atoms with E-state index in [9.17, 15) is 9.59 Å². The molecule has 0 heterocycles. The summed E-state index contributed by atoms with van der Waals surface area (Å²) in [6.07, 6.45) is 44.6. The third-order valence-corrected chi connectivity index (χ3v) is 18.2. The number of rotatable bonds is 36. The van der Waals surface area contributed by atoms with Gasteiger partial charge < -0.3 is 14.4 Å². The van der Waals surface area contributed by atoms with E-state index < -0.39 is 0 Å². The van der Waals surface area contributed by atoms with Gasteiger partial charge in [-0.2, -0.15) is 0 Å². The van der Waals surface area contributed by atoms with Gasteiger partial charge in [0.15, 0.2) is 0 Å². The smallest absolute Gasteiger partial charge is 0.306 e. The van der Waals surface area contributed by atoms with E-state index in [4.69, 9.17) is 9.47 Å². The molecular weight excluding hydrogens is 799 g/mol. The number of hydrogen-bond donors (Lipinski definition) is 0. The van der Waals surface area contributed by atoms with Crippen molar-refractivity contribution >= 4 is 11.9 Å². The second-order valence-electron chi connectivity index (χ2n) is 23.7. The van der Waals surface area contributed by atoms with Gasteiger partial charge in [0.25, 0.3) is 0 Å². The van der Waals surface area contributed by atoms with Crippen LogP contribution >= 0.6 is 0 Å². The highest BCUT2D eigenvalue weighted by Crippen LogP contribution is 2.67. The Morgan fingerprint density at radius 2 is 1.18 bits per heavy atom. The molecule has 5 heteroatoms. The van der Waals surface area contributed by atoms with Crippen molar-refractivity contribution in [1.82, 2.24) is 4.90 Å². The van der Waals surface area contributed by atoms with Gasteiger partial charge in [-0.3, -0.25) is 9.59 Å². The van der Waals surface area contributed by atoms with Gasteiger partial charge in [0, 0.05) is 19.3 Å². The van der Waals surface area contributed by atoms with Gasteiger partial charge in [0.05, 0.1) is 0 Å². The Bertz CT molecular complexity index is 1330. The van der Waals surface area contributed by atoms with Crippen molar-refractivity contribution in [2.75, 3.05) is 19.6 Å². The highest BCUT2D eigenvalue weighted by Gasteiger charge is 2.59. The average Bonchev–Trinajstić information content (AvgIpc) is 3.64. The lowest BCUT2D eigenvalue weighted by Gasteiger charge is -2.58. The molecule has 0 spiro atoms. The van der Waals surface area contributed by atoms with Crippen molar-refractivity contribution in [3.63, 3.8) is 0 Å². The maximum atomic E-state index is 13.2. The largest absolute Gasteiger partial charge is 0.462 e. The molecule has 3 fully saturated rings. The summed E-state index contributed by atoms with van der Waals surface area (Å²) in [5, 5.41) is 0. The van der Waals surface area contributed by atoms with E-state index in [1.54, 1.807) is 5.57 Å². The van der Waals surface area contributed by atoms with Gasteiger partial charge >= 0.3 is 11.9 Å². The first-order chi connectivity index (χ1) is 31.4. The molecule has 0 aromatic heterocycles. The minimum absolute atomic E-state index is 0.0317. The SMILES string of the molecule is CCCCCCCCC(CCCCCC)OC(=O)CCCCCCN(CCCCC)CCCCCC(=O)OC1CCC2(C)C(=CCC3C2CCC2(C)C(C(C)CCCC(C)C)CCC32)C1. The molecule has 9 atom stereocenters. The topological polar surface area (TPSA) is 55.8 Å². The van der Waals surface area contributed by atoms with Gasteiger partial charge in [-0.15, -0.1) is 0 Å². The van der Waals surface area contributed by atoms with E-state index in [0.29, 0.717) is 23.7 Å². The lowest BCUT2D eigenvalue weighted by Crippen LogP contribution is -2.51. The fourth-order valence-electron chi connectivity index (χ4n) is 14.1. The van der Waals surface area contributed by atoms with Crippen molar-refractivity contribution < 1.29 is 19.1 Å². The number of fused-ring (bicyclic) bond motifs is 5. The lowest BCUT2D eigenvalue weighted by atomic mass is 9.47. The summed E-state index contributed by atoms with van der Waals surface area (Å²) in [6, 6.07) is 0. The molecule has 0 saturated heterocycles. The number of carbonyl (C=O) groups is 2. The van der Waals surface area contributed by atoms with E-state index in [1.165, 1.54) is 161 Å². The van der Waals surface area contributed by atoms with Crippen LogP contribution in [-0.2, 0) is 19.1 Å². The summed E-state index contributed by atoms with van der Waals surface area (Å²) in [5.74, 6) is 5.21. The van der Waals surface area contributed by atoms with E-state index in [-0.39, 0.29) is 24.1 Å². The molecule has 0 bridgehead atoms. The summed E-state index contributed by atoms with van der Waals surface area (Å²) in [6.45, 7) is 22.9. The summed E-state index contributed by atoms with van der Waals surface area (Å²) in [5.41, 5.74) is 2.46. The number of unbranched alkanes of at least 4 members (excludes halogenated alkanes) is 15. The van der Waals surface area contributed by atoms with Crippen LogP contribution in [0.5, 0.6) is 0 Å². The fourth-order valence-corrected chi connectivity index (χ4v) is 14.1. The van der Waals surface area contributed by atoms with Gasteiger partial charge in [-0.05, 0) is 169 Å². The molecule has 0 amide bonds. The predicted molar refractivity (Wildman–Crippen MR) is 277 cm³/mol. The van der Waals surface area contributed by atoms with Gasteiger partial charge in [-0.1, -0.05) is 170 Å². The van der Waals surface area contributed by atoms with E-state index in [2.05, 4.69) is 66.4 Å².